The van der Waals surface area contributed by atoms with Gasteiger partial charge in [0.2, 0.25) is 0 Å². The third-order valence-electron chi connectivity index (χ3n) is 4.68. The standard InChI is InChI=1S/C22H17NO6/c1-27-22(26)16-10-11-28-19(16)13-29-20(24)12-23-17-8-4-2-6-14(17)21(25)15-7-3-5-9-18(15)23/h2-11H,12-13H2,1H3. The summed E-state index contributed by atoms with van der Waals surface area (Å²) in [5, 5.41) is 1.05. The Morgan fingerprint density at radius 2 is 1.59 bits per heavy atom. The van der Waals surface area contributed by atoms with Crippen molar-refractivity contribution in [1.29, 1.82) is 0 Å². The van der Waals surface area contributed by atoms with Gasteiger partial charge in [0.25, 0.3) is 0 Å². The van der Waals surface area contributed by atoms with Gasteiger partial charge in [0.05, 0.1) is 24.4 Å². The number of benzene rings is 2. The summed E-state index contributed by atoms with van der Waals surface area (Å²) in [5.74, 6) is -0.891. The monoisotopic (exact) mass is 391 g/mol. The Morgan fingerprint density at radius 1 is 0.966 bits per heavy atom. The van der Waals surface area contributed by atoms with Crippen molar-refractivity contribution < 1.29 is 23.5 Å². The van der Waals surface area contributed by atoms with Gasteiger partial charge in [-0.3, -0.25) is 9.59 Å². The maximum absolute atomic E-state index is 12.8. The van der Waals surface area contributed by atoms with E-state index in [2.05, 4.69) is 4.74 Å². The third-order valence-corrected chi connectivity index (χ3v) is 4.68. The molecule has 0 atom stereocenters. The number of carbonyl (C=O) groups excluding carboxylic acids is 2. The van der Waals surface area contributed by atoms with E-state index in [1.165, 1.54) is 19.4 Å². The number of carbonyl (C=O) groups is 2. The molecule has 29 heavy (non-hydrogen) atoms. The van der Waals surface area contributed by atoms with Gasteiger partial charge in [0, 0.05) is 10.8 Å². The number of furan rings is 1. The van der Waals surface area contributed by atoms with Crippen LogP contribution in [0.15, 0.2) is 70.1 Å². The van der Waals surface area contributed by atoms with E-state index in [1.54, 1.807) is 41.0 Å². The van der Waals surface area contributed by atoms with Gasteiger partial charge in [-0.25, -0.2) is 4.79 Å². The number of esters is 2. The lowest BCUT2D eigenvalue weighted by Gasteiger charge is -2.14. The molecule has 0 aliphatic rings. The molecule has 0 saturated heterocycles. The normalized spacial score (nSPS) is 10.9. The van der Waals surface area contributed by atoms with E-state index in [1.807, 2.05) is 12.1 Å². The third kappa shape index (κ3) is 3.38. The average molecular weight is 391 g/mol. The molecular formula is C22H17NO6. The fourth-order valence-corrected chi connectivity index (χ4v) is 3.31. The molecule has 0 N–H and O–H groups in total. The van der Waals surface area contributed by atoms with Crippen molar-refractivity contribution in [1.82, 2.24) is 4.57 Å². The van der Waals surface area contributed by atoms with Crippen LogP contribution in [0.1, 0.15) is 16.1 Å². The Morgan fingerprint density at radius 3 is 2.21 bits per heavy atom. The van der Waals surface area contributed by atoms with Crippen LogP contribution in [0.25, 0.3) is 21.8 Å². The van der Waals surface area contributed by atoms with Crippen molar-refractivity contribution in [2.75, 3.05) is 7.11 Å². The van der Waals surface area contributed by atoms with E-state index in [9.17, 15) is 14.4 Å². The molecule has 7 heteroatoms. The summed E-state index contributed by atoms with van der Waals surface area (Å²) in [4.78, 5) is 37.0. The minimum atomic E-state index is -0.567. The molecule has 2 aromatic heterocycles. The average Bonchev–Trinajstić information content (AvgIpc) is 3.23. The van der Waals surface area contributed by atoms with Crippen molar-refractivity contribution in [3.05, 3.63) is 82.4 Å². The molecule has 2 aromatic carbocycles. The number of rotatable bonds is 5. The number of methoxy groups -OCH3 is 1. The maximum Gasteiger partial charge on any atom is 0.341 e. The van der Waals surface area contributed by atoms with Crippen LogP contribution in [0.5, 0.6) is 0 Å². The van der Waals surface area contributed by atoms with Crippen LogP contribution in [0.2, 0.25) is 0 Å². The highest BCUT2D eigenvalue weighted by molar-refractivity contribution is 5.94. The lowest BCUT2D eigenvalue weighted by atomic mass is 10.1. The zero-order valence-corrected chi connectivity index (χ0v) is 15.6. The highest BCUT2D eigenvalue weighted by Crippen LogP contribution is 2.19. The van der Waals surface area contributed by atoms with Crippen molar-refractivity contribution in [2.24, 2.45) is 0 Å². The molecule has 0 amide bonds. The number of fused-ring (bicyclic) bond motifs is 2. The molecule has 0 radical (unpaired) electrons. The number of ether oxygens (including phenoxy) is 2. The van der Waals surface area contributed by atoms with Crippen LogP contribution in [0, 0.1) is 0 Å². The fraction of sp³-hybridized carbons (Fsp3) is 0.136. The summed E-state index contributed by atoms with van der Waals surface area (Å²) in [7, 11) is 1.26. The molecule has 0 spiro atoms. The van der Waals surface area contributed by atoms with Gasteiger partial charge < -0.3 is 18.5 Å². The summed E-state index contributed by atoms with van der Waals surface area (Å²) in [6, 6.07) is 15.7. The Kier molecular flexibility index (Phi) is 4.87. The van der Waals surface area contributed by atoms with Crippen molar-refractivity contribution in [2.45, 2.75) is 13.2 Å². The largest absolute Gasteiger partial charge is 0.465 e. The fourth-order valence-electron chi connectivity index (χ4n) is 3.31. The summed E-state index contributed by atoms with van der Waals surface area (Å²) < 4.78 is 17.0. The number of para-hydroxylation sites is 2. The Hall–Kier alpha value is -3.87. The molecular weight excluding hydrogens is 374 g/mol. The van der Waals surface area contributed by atoms with Gasteiger partial charge in [0.1, 0.15) is 18.7 Å². The number of hydrogen-bond acceptors (Lipinski definition) is 6. The first-order chi connectivity index (χ1) is 14.1. The Bertz CT molecular complexity index is 1220. The second-order valence-corrected chi connectivity index (χ2v) is 6.36. The molecule has 146 valence electrons. The summed E-state index contributed by atoms with van der Waals surface area (Å²) in [6.45, 7) is -0.304. The first-order valence-electron chi connectivity index (χ1n) is 8.90. The van der Waals surface area contributed by atoms with E-state index in [-0.39, 0.29) is 29.9 Å². The second-order valence-electron chi connectivity index (χ2n) is 6.36. The summed E-state index contributed by atoms with van der Waals surface area (Å²) in [6.07, 6.45) is 1.33. The van der Waals surface area contributed by atoms with E-state index in [0.717, 1.165) is 0 Å². The number of nitrogens with zero attached hydrogens (tertiary/aromatic N) is 1. The second kappa shape index (κ2) is 7.63. The quantitative estimate of drug-likeness (QED) is 0.383. The minimum Gasteiger partial charge on any atom is -0.465 e. The molecule has 0 unspecified atom stereocenters. The highest BCUT2D eigenvalue weighted by Gasteiger charge is 2.18. The van der Waals surface area contributed by atoms with Crippen LogP contribution < -0.4 is 5.43 Å². The van der Waals surface area contributed by atoms with Crippen LogP contribution in [-0.2, 0) is 27.4 Å². The predicted octanol–water partition coefficient (Wildman–Crippen LogP) is 3.28. The lowest BCUT2D eigenvalue weighted by Crippen LogP contribution is -2.18. The predicted molar refractivity (Wildman–Crippen MR) is 106 cm³/mol. The van der Waals surface area contributed by atoms with Gasteiger partial charge in [-0.2, -0.15) is 0 Å². The molecule has 4 rings (SSSR count). The molecule has 2 heterocycles. The minimum absolute atomic E-state index is 0.0841. The summed E-state index contributed by atoms with van der Waals surface area (Å²) >= 11 is 0. The molecule has 0 aliphatic heterocycles. The molecule has 0 saturated carbocycles. The van der Waals surface area contributed by atoms with Crippen molar-refractivity contribution in [3.63, 3.8) is 0 Å². The smallest absolute Gasteiger partial charge is 0.341 e. The molecule has 0 aliphatic carbocycles. The van der Waals surface area contributed by atoms with Crippen LogP contribution >= 0.6 is 0 Å². The number of hydrogen-bond donors (Lipinski definition) is 0. The Balaban J connectivity index is 1.65. The topological polar surface area (TPSA) is 87.7 Å². The van der Waals surface area contributed by atoms with Crippen LogP contribution in [0.3, 0.4) is 0 Å². The number of pyridine rings is 1. The highest BCUT2D eigenvalue weighted by atomic mass is 16.5. The molecule has 7 nitrogen and oxygen atoms in total. The van der Waals surface area contributed by atoms with Gasteiger partial charge in [-0.1, -0.05) is 24.3 Å². The van der Waals surface area contributed by atoms with Crippen LogP contribution in [-0.4, -0.2) is 23.6 Å². The first-order valence-corrected chi connectivity index (χ1v) is 8.90. The van der Waals surface area contributed by atoms with Gasteiger partial charge >= 0.3 is 11.9 Å². The lowest BCUT2D eigenvalue weighted by molar-refractivity contribution is -0.146. The first kappa shape index (κ1) is 18.5. The van der Waals surface area contributed by atoms with E-state index >= 15 is 0 Å². The van der Waals surface area contributed by atoms with Crippen molar-refractivity contribution >= 4 is 33.7 Å². The van der Waals surface area contributed by atoms with Gasteiger partial charge in [-0.05, 0) is 30.3 Å². The SMILES string of the molecule is COC(=O)c1ccoc1COC(=O)Cn1c2ccccc2c(=O)c2ccccc21. The van der Waals surface area contributed by atoms with Gasteiger partial charge in [-0.15, -0.1) is 0 Å². The zero-order valence-electron chi connectivity index (χ0n) is 15.6. The van der Waals surface area contributed by atoms with E-state index in [0.29, 0.717) is 21.8 Å². The molecule has 0 fully saturated rings. The molecule has 4 aromatic rings. The maximum atomic E-state index is 12.8. The van der Waals surface area contributed by atoms with Crippen LogP contribution in [0.4, 0.5) is 0 Å². The molecule has 0 bridgehead atoms. The van der Waals surface area contributed by atoms with E-state index in [4.69, 9.17) is 9.15 Å². The van der Waals surface area contributed by atoms with E-state index < -0.39 is 11.9 Å². The number of aromatic nitrogens is 1. The van der Waals surface area contributed by atoms with Crippen molar-refractivity contribution in [3.8, 4) is 0 Å². The summed E-state index contributed by atoms with van der Waals surface area (Å²) in [5.41, 5.74) is 1.40. The Labute approximate surface area is 165 Å². The van der Waals surface area contributed by atoms with Gasteiger partial charge in [0.15, 0.2) is 11.2 Å². The zero-order chi connectivity index (χ0) is 20.4.